The molecule has 1 N–H and O–H groups in total. The molecule has 1 unspecified atom stereocenters. The van der Waals surface area contributed by atoms with Gasteiger partial charge in [0.05, 0.1) is 0 Å². The van der Waals surface area contributed by atoms with Gasteiger partial charge in [-0.3, -0.25) is 19.4 Å². The van der Waals surface area contributed by atoms with Gasteiger partial charge in [-0.15, -0.1) is 0 Å². The number of rotatable bonds is 7. The number of carbonyl (C=O) groups is 3. The normalized spacial score (nSPS) is 22.0. The number of unbranched alkanes of at least 4 members (excludes halogenated alkanes) is 1. The van der Waals surface area contributed by atoms with E-state index in [2.05, 4.69) is 21.2 Å². The average Bonchev–Trinajstić information content (AvgIpc) is 3.30. The molecule has 0 spiro atoms. The highest BCUT2D eigenvalue weighted by molar-refractivity contribution is 6.04. The number of benzene rings is 1. The van der Waals surface area contributed by atoms with E-state index in [-0.39, 0.29) is 23.9 Å². The predicted octanol–water partition coefficient (Wildman–Crippen LogP) is 1.97. The smallest absolute Gasteiger partial charge is 0.327 e. The molecule has 1 aromatic rings. The number of carbonyl (C=O) groups excluding carboxylic acids is 3. The van der Waals surface area contributed by atoms with Gasteiger partial charge in [0.1, 0.15) is 6.04 Å². The zero-order chi connectivity index (χ0) is 21.1. The Morgan fingerprint density at radius 2 is 1.83 bits per heavy atom. The molecule has 0 aromatic heterocycles. The van der Waals surface area contributed by atoms with Crippen LogP contribution in [-0.2, 0) is 9.59 Å². The molecular formula is C22H31N5O3. The number of hydrogen-bond donors (Lipinski definition) is 1. The Kier molecular flexibility index (Phi) is 6.22. The quantitative estimate of drug-likeness (QED) is 0.546. The zero-order valence-electron chi connectivity index (χ0n) is 17.7. The minimum Gasteiger partial charge on any atom is -0.369 e. The minimum atomic E-state index is -0.185. The number of anilines is 2. The summed E-state index contributed by atoms with van der Waals surface area (Å²) >= 11 is 0. The monoisotopic (exact) mass is 413 g/mol. The molecule has 1 aromatic carbocycles. The van der Waals surface area contributed by atoms with E-state index in [1.807, 2.05) is 18.2 Å². The standard InChI is InChI=1S/C22H31N5O3/c1-17(28)23-18-6-4-7-19(16-18)25-14-12-24(13-15-25)9-2-3-10-27-21(29)20-8-5-11-26(20)22(27)30/h4,6-7,16,20H,2-3,5,8-15H2,1H3,(H,23,28). The van der Waals surface area contributed by atoms with Crippen LogP contribution in [0.2, 0.25) is 0 Å². The summed E-state index contributed by atoms with van der Waals surface area (Å²) in [5.74, 6) is -0.0534. The number of nitrogens with zero attached hydrogens (tertiary/aromatic N) is 4. The molecule has 3 saturated heterocycles. The molecular weight excluding hydrogens is 382 g/mol. The van der Waals surface area contributed by atoms with Crippen LogP contribution in [0.3, 0.4) is 0 Å². The lowest BCUT2D eigenvalue weighted by molar-refractivity contribution is -0.128. The molecule has 0 aliphatic carbocycles. The third-order valence-corrected chi connectivity index (χ3v) is 6.29. The van der Waals surface area contributed by atoms with Crippen LogP contribution in [0.25, 0.3) is 0 Å². The molecule has 162 valence electrons. The van der Waals surface area contributed by atoms with Gasteiger partial charge in [-0.25, -0.2) is 4.79 Å². The van der Waals surface area contributed by atoms with Crippen LogP contribution in [-0.4, -0.2) is 84.4 Å². The zero-order valence-corrected chi connectivity index (χ0v) is 17.7. The highest BCUT2D eigenvalue weighted by atomic mass is 16.2. The Balaban J connectivity index is 1.17. The van der Waals surface area contributed by atoms with Crippen LogP contribution in [0.15, 0.2) is 24.3 Å². The second-order valence-corrected chi connectivity index (χ2v) is 8.39. The third-order valence-electron chi connectivity index (χ3n) is 6.29. The summed E-state index contributed by atoms with van der Waals surface area (Å²) in [5, 5.41) is 2.84. The maximum Gasteiger partial charge on any atom is 0.327 e. The van der Waals surface area contributed by atoms with Crippen molar-refractivity contribution in [2.45, 2.75) is 38.6 Å². The first-order valence-electron chi connectivity index (χ1n) is 11.0. The molecule has 4 amide bonds. The SMILES string of the molecule is CC(=O)Nc1cccc(N2CCN(CCCCN3C(=O)C4CCCN4C3=O)CC2)c1. The lowest BCUT2D eigenvalue weighted by Crippen LogP contribution is -2.46. The van der Waals surface area contributed by atoms with Crippen LogP contribution in [0.4, 0.5) is 16.2 Å². The van der Waals surface area contributed by atoms with Gasteiger partial charge in [-0.05, 0) is 50.4 Å². The Bertz CT molecular complexity index is 784. The van der Waals surface area contributed by atoms with E-state index in [1.165, 1.54) is 11.8 Å². The van der Waals surface area contributed by atoms with Gasteiger partial charge < -0.3 is 15.1 Å². The lowest BCUT2D eigenvalue weighted by atomic mass is 10.2. The maximum absolute atomic E-state index is 12.4. The fourth-order valence-corrected chi connectivity index (χ4v) is 4.71. The maximum atomic E-state index is 12.4. The van der Waals surface area contributed by atoms with Crippen LogP contribution in [0.1, 0.15) is 32.6 Å². The second kappa shape index (κ2) is 9.04. The highest BCUT2D eigenvalue weighted by Gasteiger charge is 2.46. The predicted molar refractivity (Wildman–Crippen MR) is 115 cm³/mol. The van der Waals surface area contributed by atoms with Gasteiger partial charge in [0, 0.05) is 57.6 Å². The molecule has 0 saturated carbocycles. The van der Waals surface area contributed by atoms with Gasteiger partial charge in [0.25, 0.3) is 5.91 Å². The van der Waals surface area contributed by atoms with Crippen molar-refractivity contribution in [2.24, 2.45) is 0 Å². The number of amides is 4. The number of imide groups is 1. The molecule has 4 rings (SSSR count). The van der Waals surface area contributed by atoms with Gasteiger partial charge in [0.2, 0.25) is 5.91 Å². The van der Waals surface area contributed by atoms with Crippen LogP contribution in [0, 0.1) is 0 Å². The fourth-order valence-electron chi connectivity index (χ4n) is 4.71. The first-order valence-corrected chi connectivity index (χ1v) is 11.0. The Morgan fingerprint density at radius 3 is 2.57 bits per heavy atom. The van der Waals surface area contributed by atoms with Crippen LogP contribution >= 0.6 is 0 Å². The second-order valence-electron chi connectivity index (χ2n) is 8.39. The van der Waals surface area contributed by atoms with Crippen molar-refractivity contribution in [3.63, 3.8) is 0 Å². The minimum absolute atomic E-state index is 0.00704. The van der Waals surface area contributed by atoms with E-state index in [0.717, 1.165) is 76.3 Å². The first kappa shape index (κ1) is 20.7. The summed E-state index contributed by atoms with van der Waals surface area (Å²) in [4.78, 5) is 44.0. The summed E-state index contributed by atoms with van der Waals surface area (Å²) in [7, 11) is 0. The van der Waals surface area contributed by atoms with Crippen molar-refractivity contribution >= 4 is 29.2 Å². The molecule has 8 nitrogen and oxygen atoms in total. The van der Waals surface area contributed by atoms with Gasteiger partial charge >= 0.3 is 6.03 Å². The Labute approximate surface area is 177 Å². The third kappa shape index (κ3) is 4.43. The molecule has 3 aliphatic rings. The molecule has 0 bridgehead atoms. The molecule has 3 fully saturated rings. The Hall–Kier alpha value is -2.61. The van der Waals surface area contributed by atoms with Crippen LogP contribution in [0.5, 0.6) is 0 Å². The number of fused-ring (bicyclic) bond motifs is 1. The summed E-state index contributed by atoms with van der Waals surface area (Å²) in [6.07, 6.45) is 3.61. The molecule has 30 heavy (non-hydrogen) atoms. The number of nitrogens with one attached hydrogen (secondary N) is 1. The fraction of sp³-hybridized carbons (Fsp3) is 0.591. The van der Waals surface area contributed by atoms with E-state index in [4.69, 9.17) is 0 Å². The lowest BCUT2D eigenvalue weighted by Gasteiger charge is -2.36. The molecule has 8 heteroatoms. The van der Waals surface area contributed by atoms with Crippen molar-refractivity contribution in [1.29, 1.82) is 0 Å². The van der Waals surface area contributed by atoms with Crippen molar-refractivity contribution in [2.75, 3.05) is 56.0 Å². The topological polar surface area (TPSA) is 76.2 Å². The van der Waals surface area contributed by atoms with Crippen molar-refractivity contribution in [3.05, 3.63) is 24.3 Å². The first-order chi connectivity index (χ1) is 14.5. The number of urea groups is 1. The molecule has 0 radical (unpaired) electrons. The highest BCUT2D eigenvalue weighted by Crippen LogP contribution is 2.27. The number of piperazine rings is 1. The summed E-state index contributed by atoms with van der Waals surface area (Å²) in [6, 6.07) is 7.70. The van der Waals surface area contributed by atoms with E-state index in [9.17, 15) is 14.4 Å². The summed E-state index contributed by atoms with van der Waals surface area (Å²) < 4.78 is 0. The van der Waals surface area contributed by atoms with Crippen molar-refractivity contribution in [3.8, 4) is 0 Å². The van der Waals surface area contributed by atoms with Gasteiger partial charge in [0.15, 0.2) is 0 Å². The van der Waals surface area contributed by atoms with E-state index in [1.54, 1.807) is 4.90 Å². The van der Waals surface area contributed by atoms with E-state index >= 15 is 0 Å². The molecule has 3 aliphatic heterocycles. The number of hydrogen-bond acceptors (Lipinski definition) is 5. The van der Waals surface area contributed by atoms with Crippen LogP contribution < -0.4 is 10.2 Å². The van der Waals surface area contributed by atoms with Crippen molar-refractivity contribution < 1.29 is 14.4 Å². The van der Waals surface area contributed by atoms with Gasteiger partial charge in [-0.2, -0.15) is 0 Å². The summed E-state index contributed by atoms with van der Waals surface area (Å²) in [6.45, 7) is 7.65. The molecule has 3 heterocycles. The van der Waals surface area contributed by atoms with Gasteiger partial charge in [-0.1, -0.05) is 6.07 Å². The van der Waals surface area contributed by atoms with E-state index in [0.29, 0.717) is 6.54 Å². The Morgan fingerprint density at radius 1 is 1.07 bits per heavy atom. The molecule has 1 atom stereocenters. The average molecular weight is 414 g/mol. The van der Waals surface area contributed by atoms with E-state index < -0.39 is 0 Å². The largest absolute Gasteiger partial charge is 0.369 e. The van der Waals surface area contributed by atoms with Crippen molar-refractivity contribution in [1.82, 2.24) is 14.7 Å². The summed E-state index contributed by atoms with van der Waals surface area (Å²) in [5.41, 5.74) is 1.96.